The van der Waals surface area contributed by atoms with Crippen molar-refractivity contribution in [3.05, 3.63) is 127 Å². The van der Waals surface area contributed by atoms with Crippen LogP contribution >= 0.6 is 11.6 Å². The van der Waals surface area contributed by atoms with E-state index in [4.69, 9.17) is 16.6 Å². The number of aromatic nitrogens is 3. The molecule has 1 aromatic heterocycles. The summed E-state index contributed by atoms with van der Waals surface area (Å²) in [6, 6.07) is 42.0. The van der Waals surface area contributed by atoms with Crippen molar-refractivity contribution in [2.45, 2.75) is 0 Å². The summed E-state index contributed by atoms with van der Waals surface area (Å²) in [7, 11) is 0. The molecule has 174 valence electrons. The summed E-state index contributed by atoms with van der Waals surface area (Å²) in [4.78, 5) is 13.9. The minimum absolute atomic E-state index is 0.174. The molecule has 0 fully saturated rings. The zero-order valence-corrected chi connectivity index (χ0v) is 20.5. The van der Waals surface area contributed by atoms with Gasteiger partial charge in [-0.05, 0) is 73.2 Å². The lowest BCUT2D eigenvalue weighted by Crippen LogP contribution is -1.98. The predicted molar refractivity (Wildman–Crippen MR) is 154 cm³/mol. The third-order valence-electron chi connectivity index (χ3n) is 6.82. The van der Waals surface area contributed by atoms with E-state index in [1.807, 2.05) is 18.2 Å². The molecule has 6 aromatic carbocycles. The average molecular weight is 494 g/mol. The van der Waals surface area contributed by atoms with Crippen molar-refractivity contribution in [2.75, 3.05) is 0 Å². The first-order valence-corrected chi connectivity index (χ1v) is 12.5. The van der Waals surface area contributed by atoms with Gasteiger partial charge >= 0.3 is 0 Å². The van der Waals surface area contributed by atoms with Crippen LogP contribution in [-0.2, 0) is 0 Å². The van der Waals surface area contributed by atoms with Crippen LogP contribution in [0, 0.1) is 0 Å². The summed E-state index contributed by atoms with van der Waals surface area (Å²) in [5.41, 5.74) is 4.07. The monoisotopic (exact) mass is 493 g/mol. The molecule has 0 atom stereocenters. The molecule has 37 heavy (non-hydrogen) atoms. The van der Waals surface area contributed by atoms with Gasteiger partial charge in [-0.15, -0.1) is 0 Å². The van der Waals surface area contributed by atoms with Crippen molar-refractivity contribution in [2.24, 2.45) is 0 Å². The third kappa shape index (κ3) is 3.90. The standard InChI is InChI=1S/C33H20ClN3/c34-33-36-31(25-17-16-23-15-14-22-10-4-6-12-27(22)29(23)19-25)35-32(37-33)26-18-24-11-5-7-13-28(24)30(20-26)21-8-2-1-3-9-21/h1-20H. The van der Waals surface area contributed by atoms with E-state index in [1.54, 1.807) is 0 Å². The van der Waals surface area contributed by atoms with E-state index in [1.165, 1.54) is 21.5 Å². The van der Waals surface area contributed by atoms with Gasteiger partial charge in [-0.25, -0.2) is 4.98 Å². The Morgan fingerprint density at radius 3 is 1.84 bits per heavy atom. The molecule has 0 saturated heterocycles. The van der Waals surface area contributed by atoms with Crippen LogP contribution in [0.4, 0.5) is 0 Å². The normalized spacial score (nSPS) is 11.4. The molecular weight excluding hydrogens is 474 g/mol. The largest absolute Gasteiger partial charge is 0.226 e. The van der Waals surface area contributed by atoms with Crippen molar-refractivity contribution in [3.8, 4) is 33.9 Å². The van der Waals surface area contributed by atoms with Gasteiger partial charge < -0.3 is 0 Å². The molecule has 7 rings (SSSR count). The first-order chi connectivity index (χ1) is 18.2. The van der Waals surface area contributed by atoms with Crippen LogP contribution in [0.5, 0.6) is 0 Å². The molecule has 0 saturated carbocycles. The van der Waals surface area contributed by atoms with Crippen LogP contribution in [0.2, 0.25) is 5.28 Å². The van der Waals surface area contributed by atoms with Crippen LogP contribution in [-0.4, -0.2) is 15.0 Å². The van der Waals surface area contributed by atoms with Crippen molar-refractivity contribution in [3.63, 3.8) is 0 Å². The SMILES string of the molecule is Clc1nc(-c2cc(-c3ccccc3)c3ccccc3c2)nc(-c2ccc3ccc4ccccc4c3c2)n1. The van der Waals surface area contributed by atoms with Crippen molar-refractivity contribution in [1.82, 2.24) is 15.0 Å². The van der Waals surface area contributed by atoms with E-state index in [0.717, 1.165) is 33.0 Å². The third-order valence-corrected chi connectivity index (χ3v) is 6.99. The number of hydrogen-bond donors (Lipinski definition) is 0. The Bertz CT molecular complexity index is 1950. The molecule has 0 radical (unpaired) electrons. The van der Waals surface area contributed by atoms with E-state index in [9.17, 15) is 0 Å². The summed E-state index contributed by atoms with van der Waals surface area (Å²) in [6.07, 6.45) is 0. The van der Waals surface area contributed by atoms with Crippen molar-refractivity contribution >= 4 is 43.9 Å². The fourth-order valence-electron chi connectivity index (χ4n) is 5.05. The quantitative estimate of drug-likeness (QED) is 0.230. The summed E-state index contributed by atoms with van der Waals surface area (Å²) in [5.74, 6) is 1.11. The van der Waals surface area contributed by atoms with Gasteiger partial charge in [-0.2, -0.15) is 9.97 Å². The Hall–Kier alpha value is -4.60. The number of rotatable bonds is 3. The maximum atomic E-state index is 6.48. The molecule has 0 bridgehead atoms. The highest BCUT2D eigenvalue weighted by atomic mass is 35.5. The molecule has 0 aliphatic rings. The van der Waals surface area contributed by atoms with Gasteiger partial charge in [0.15, 0.2) is 11.6 Å². The zero-order chi connectivity index (χ0) is 24.8. The summed E-state index contributed by atoms with van der Waals surface area (Å²) < 4.78 is 0. The molecule has 0 aliphatic carbocycles. The highest BCUT2D eigenvalue weighted by Gasteiger charge is 2.14. The first-order valence-electron chi connectivity index (χ1n) is 12.1. The highest BCUT2D eigenvalue weighted by molar-refractivity contribution is 6.28. The van der Waals surface area contributed by atoms with Gasteiger partial charge in [0.1, 0.15) is 0 Å². The summed E-state index contributed by atoms with van der Waals surface area (Å²) in [6.45, 7) is 0. The van der Waals surface area contributed by atoms with Crippen LogP contribution in [0.1, 0.15) is 0 Å². The Kier molecular flexibility index (Phi) is 5.16. The first kappa shape index (κ1) is 21.7. The van der Waals surface area contributed by atoms with E-state index < -0.39 is 0 Å². The van der Waals surface area contributed by atoms with Gasteiger partial charge in [0, 0.05) is 11.1 Å². The molecule has 3 nitrogen and oxygen atoms in total. The number of hydrogen-bond acceptors (Lipinski definition) is 3. The highest BCUT2D eigenvalue weighted by Crippen LogP contribution is 2.34. The lowest BCUT2D eigenvalue weighted by Gasteiger charge is -2.11. The molecule has 0 spiro atoms. The average Bonchev–Trinajstić information content (AvgIpc) is 2.96. The zero-order valence-electron chi connectivity index (χ0n) is 19.8. The Balaban J connectivity index is 1.41. The summed E-state index contributed by atoms with van der Waals surface area (Å²) in [5, 5.41) is 7.20. The Morgan fingerprint density at radius 1 is 0.405 bits per heavy atom. The predicted octanol–water partition coefficient (Wildman–Crippen LogP) is 8.99. The maximum absolute atomic E-state index is 6.48. The van der Waals surface area contributed by atoms with E-state index in [0.29, 0.717) is 11.6 Å². The molecule has 1 heterocycles. The fourth-order valence-corrected chi connectivity index (χ4v) is 5.21. The molecule has 4 heteroatoms. The van der Waals surface area contributed by atoms with Crippen LogP contribution in [0.3, 0.4) is 0 Å². The minimum Gasteiger partial charge on any atom is -0.208 e. The lowest BCUT2D eigenvalue weighted by atomic mass is 9.95. The number of nitrogens with zero attached hydrogens (tertiary/aromatic N) is 3. The van der Waals surface area contributed by atoms with E-state index >= 15 is 0 Å². The van der Waals surface area contributed by atoms with Crippen LogP contribution in [0.25, 0.3) is 66.2 Å². The Morgan fingerprint density at radius 2 is 1.03 bits per heavy atom. The van der Waals surface area contributed by atoms with Gasteiger partial charge in [0.2, 0.25) is 5.28 Å². The molecule has 0 amide bonds. The van der Waals surface area contributed by atoms with Gasteiger partial charge in [-0.1, -0.05) is 103 Å². The Labute approximate surface area is 219 Å². The lowest BCUT2D eigenvalue weighted by molar-refractivity contribution is 1.07. The fraction of sp³-hybridized carbons (Fsp3) is 0. The number of fused-ring (bicyclic) bond motifs is 4. The minimum atomic E-state index is 0.174. The van der Waals surface area contributed by atoms with E-state index in [-0.39, 0.29) is 5.28 Å². The van der Waals surface area contributed by atoms with Gasteiger partial charge in [0.25, 0.3) is 0 Å². The molecule has 0 N–H and O–H groups in total. The van der Waals surface area contributed by atoms with Crippen molar-refractivity contribution in [1.29, 1.82) is 0 Å². The topological polar surface area (TPSA) is 38.7 Å². The van der Waals surface area contributed by atoms with Crippen molar-refractivity contribution < 1.29 is 0 Å². The van der Waals surface area contributed by atoms with Crippen LogP contribution in [0.15, 0.2) is 121 Å². The summed E-state index contributed by atoms with van der Waals surface area (Å²) >= 11 is 6.48. The van der Waals surface area contributed by atoms with Gasteiger partial charge in [-0.3, -0.25) is 0 Å². The second-order valence-corrected chi connectivity index (χ2v) is 9.42. The molecule has 0 unspecified atom stereocenters. The number of halogens is 1. The molecule has 7 aromatic rings. The van der Waals surface area contributed by atoms with Gasteiger partial charge in [0.05, 0.1) is 0 Å². The molecular formula is C33H20ClN3. The van der Waals surface area contributed by atoms with Crippen LogP contribution < -0.4 is 0 Å². The molecule has 0 aliphatic heterocycles. The number of benzene rings is 6. The smallest absolute Gasteiger partial charge is 0.208 e. The van der Waals surface area contributed by atoms with E-state index in [2.05, 4.69) is 113 Å². The second-order valence-electron chi connectivity index (χ2n) is 9.09. The second kappa shape index (κ2) is 8.81. The maximum Gasteiger partial charge on any atom is 0.226 e.